The van der Waals surface area contributed by atoms with E-state index in [1.165, 1.54) is 6.42 Å². The van der Waals surface area contributed by atoms with Crippen molar-refractivity contribution in [1.29, 1.82) is 0 Å². The van der Waals surface area contributed by atoms with E-state index < -0.39 is 17.6 Å². The predicted molar refractivity (Wildman–Crippen MR) is 270 cm³/mol. The Hall–Kier alpha value is -4.00. The molecule has 0 radical (unpaired) electrons. The van der Waals surface area contributed by atoms with Crippen molar-refractivity contribution in [1.82, 2.24) is 0 Å². The zero-order valence-electron chi connectivity index (χ0n) is 44.4. The lowest BCUT2D eigenvalue weighted by atomic mass is 9.68. The van der Waals surface area contributed by atoms with Crippen molar-refractivity contribution in [2.75, 3.05) is 0 Å². The molecular formula is C58H90O7. The van der Waals surface area contributed by atoms with Crippen LogP contribution in [-0.2, 0) is 60.0 Å². The average Bonchev–Trinajstić information content (AvgIpc) is 3.17. The van der Waals surface area contributed by atoms with Gasteiger partial charge in [0.1, 0.15) is 29.5 Å². The Balaban J connectivity index is 2.14. The van der Waals surface area contributed by atoms with E-state index in [0.717, 1.165) is 93.3 Å². The third-order valence-electron chi connectivity index (χ3n) is 14.1. The van der Waals surface area contributed by atoms with Crippen molar-refractivity contribution in [3.63, 3.8) is 0 Å². The fourth-order valence-corrected chi connectivity index (χ4v) is 9.81. The number of hydrogen-bond acceptors (Lipinski definition) is 7. The van der Waals surface area contributed by atoms with Crippen LogP contribution in [0.15, 0.2) is 24.3 Å². The van der Waals surface area contributed by atoms with Crippen molar-refractivity contribution < 1.29 is 34.4 Å². The fourth-order valence-electron chi connectivity index (χ4n) is 9.81. The number of carbonyl (C=O) groups excluding carboxylic acids is 2. The molecule has 0 saturated heterocycles. The predicted octanol–water partition coefficient (Wildman–Crippen LogP) is 14.6. The highest BCUT2D eigenvalue weighted by Crippen LogP contribution is 2.46. The average molecular weight is 899 g/mol. The summed E-state index contributed by atoms with van der Waals surface area (Å²) < 4.78 is 13.1. The van der Waals surface area contributed by atoms with Gasteiger partial charge in [0.25, 0.3) is 0 Å². The number of aryl methyl sites for hydroxylation is 2. The van der Waals surface area contributed by atoms with Crippen molar-refractivity contribution in [3.05, 3.63) is 85.5 Å². The van der Waals surface area contributed by atoms with Crippen molar-refractivity contribution in [2.45, 2.75) is 242 Å². The molecule has 0 amide bonds. The Morgan fingerprint density at radius 1 is 0.523 bits per heavy atom. The van der Waals surface area contributed by atoms with Gasteiger partial charge in [-0.15, -0.1) is 0 Å². The van der Waals surface area contributed by atoms with E-state index in [0.29, 0.717) is 31.4 Å². The molecule has 65 heavy (non-hydrogen) atoms. The number of rotatable bonds is 19. The van der Waals surface area contributed by atoms with Crippen LogP contribution in [0.3, 0.4) is 0 Å². The molecule has 0 aromatic heterocycles. The summed E-state index contributed by atoms with van der Waals surface area (Å²) in [6, 6.07) is 8.27. The van der Waals surface area contributed by atoms with Gasteiger partial charge in [-0.1, -0.05) is 153 Å². The SMILES string of the molecule is CCCCCCCCC(Cc1cc(C(C)(C)C)c(O)c(C(C)(C)C)c1)(C(C)OC(=O)CCc1c(C)cc(C(C)(C)C)c(O)c1C)C(C)OC(=O)CCc1c(C)cc(C(C)(C)C)c(O)c1C. The smallest absolute Gasteiger partial charge is 0.306 e. The van der Waals surface area contributed by atoms with E-state index in [4.69, 9.17) is 9.47 Å². The molecular weight excluding hydrogens is 809 g/mol. The molecule has 3 aromatic carbocycles. The fraction of sp³-hybridized carbons (Fsp3) is 0.655. The van der Waals surface area contributed by atoms with Crippen LogP contribution in [0.4, 0.5) is 0 Å². The zero-order valence-corrected chi connectivity index (χ0v) is 44.4. The van der Waals surface area contributed by atoms with Gasteiger partial charge in [-0.3, -0.25) is 9.59 Å². The van der Waals surface area contributed by atoms with Crippen LogP contribution in [0.25, 0.3) is 0 Å². The van der Waals surface area contributed by atoms with E-state index in [9.17, 15) is 24.9 Å². The van der Waals surface area contributed by atoms with Crippen molar-refractivity contribution in [3.8, 4) is 17.2 Å². The molecule has 0 saturated carbocycles. The summed E-state index contributed by atoms with van der Waals surface area (Å²) >= 11 is 0. The van der Waals surface area contributed by atoms with E-state index in [-0.39, 0.29) is 57.9 Å². The lowest BCUT2D eigenvalue weighted by molar-refractivity contribution is -0.173. The summed E-state index contributed by atoms with van der Waals surface area (Å²) in [6.07, 6.45) is 7.33. The molecule has 0 heterocycles. The molecule has 0 spiro atoms. The minimum absolute atomic E-state index is 0.128. The third-order valence-corrected chi connectivity index (χ3v) is 14.1. The Kier molecular flexibility index (Phi) is 18.5. The second-order valence-electron chi connectivity index (χ2n) is 23.6. The van der Waals surface area contributed by atoms with Gasteiger partial charge in [0, 0.05) is 18.3 Å². The molecule has 3 aromatic rings. The molecule has 2 atom stereocenters. The van der Waals surface area contributed by atoms with Gasteiger partial charge in [0.15, 0.2) is 0 Å². The molecule has 364 valence electrons. The maximum atomic E-state index is 14.2. The molecule has 0 bridgehead atoms. The van der Waals surface area contributed by atoms with Gasteiger partial charge in [-0.25, -0.2) is 0 Å². The van der Waals surface area contributed by atoms with Crippen LogP contribution in [0.1, 0.15) is 223 Å². The Morgan fingerprint density at radius 3 is 1.22 bits per heavy atom. The lowest BCUT2D eigenvalue weighted by Gasteiger charge is -2.43. The van der Waals surface area contributed by atoms with E-state index >= 15 is 0 Å². The first kappa shape index (κ1) is 55.3. The first-order valence-corrected chi connectivity index (χ1v) is 24.7. The molecule has 0 aliphatic rings. The number of ether oxygens (including phenoxy) is 2. The largest absolute Gasteiger partial charge is 0.507 e. The van der Waals surface area contributed by atoms with Crippen LogP contribution in [-0.4, -0.2) is 39.5 Å². The van der Waals surface area contributed by atoms with Crippen LogP contribution in [0.2, 0.25) is 0 Å². The summed E-state index contributed by atoms with van der Waals surface area (Å²) in [5.41, 5.74) is 7.99. The van der Waals surface area contributed by atoms with Crippen LogP contribution < -0.4 is 0 Å². The summed E-state index contributed by atoms with van der Waals surface area (Å²) in [4.78, 5) is 28.3. The van der Waals surface area contributed by atoms with Crippen LogP contribution in [0, 0.1) is 33.1 Å². The van der Waals surface area contributed by atoms with E-state index in [1.54, 1.807) is 0 Å². The number of benzene rings is 3. The normalized spacial score (nSPS) is 14.5. The van der Waals surface area contributed by atoms with Crippen molar-refractivity contribution >= 4 is 11.9 Å². The quantitative estimate of drug-likeness (QED) is 0.0811. The number of phenolic OH excluding ortho intramolecular Hbond substituents is 3. The van der Waals surface area contributed by atoms with E-state index in [2.05, 4.69) is 102 Å². The highest BCUT2D eigenvalue weighted by molar-refractivity contribution is 5.71. The molecule has 0 aliphatic carbocycles. The summed E-state index contributed by atoms with van der Waals surface area (Å²) in [5, 5.41) is 34.2. The summed E-state index contributed by atoms with van der Waals surface area (Å²) in [5.74, 6) is 0.157. The zero-order chi connectivity index (χ0) is 49.6. The Morgan fingerprint density at radius 2 is 0.862 bits per heavy atom. The van der Waals surface area contributed by atoms with E-state index in [1.807, 2.05) is 53.7 Å². The van der Waals surface area contributed by atoms with Crippen LogP contribution >= 0.6 is 0 Å². The highest BCUT2D eigenvalue weighted by Gasteiger charge is 2.46. The molecule has 0 fully saturated rings. The molecule has 3 rings (SSSR count). The third kappa shape index (κ3) is 14.0. The van der Waals surface area contributed by atoms with Gasteiger partial charge < -0.3 is 24.8 Å². The maximum absolute atomic E-state index is 14.2. The number of carbonyl (C=O) groups is 2. The minimum Gasteiger partial charge on any atom is -0.507 e. The van der Waals surface area contributed by atoms with Crippen molar-refractivity contribution in [2.24, 2.45) is 5.41 Å². The summed E-state index contributed by atoms with van der Waals surface area (Å²) in [7, 11) is 0. The van der Waals surface area contributed by atoms with Gasteiger partial charge in [-0.05, 0) is 150 Å². The van der Waals surface area contributed by atoms with Gasteiger partial charge in [0.05, 0.1) is 0 Å². The molecule has 3 N–H and O–H groups in total. The van der Waals surface area contributed by atoms with Gasteiger partial charge in [0.2, 0.25) is 0 Å². The highest BCUT2D eigenvalue weighted by atomic mass is 16.6. The Labute approximate surface area is 395 Å². The number of unbranched alkanes of at least 4 members (excludes halogenated alkanes) is 5. The topological polar surface area (TPSA) is 113 Å². The second kappa shape index (κ2) is 21.7. The van der Waals surface area contributed by atoms with Gasteiger partial charge in [-0.2, -0.15) is 0 Å². The maximum Gasteiger partial charge on any atom is 0.306 e. The molecule has 0 aliphatic heterocycles. The molecule has 7 nitrogen and oxygen atoms in total. The summed E-state index contributed by atoms with van der Waals surface area (Å²) in [6.45, 7) is 39.2. The number of esters is 2. The first-order chi connectivity index (χ1) is 29.8. The first-order valence-electron chi connectivity index (χ1n) is 24.7. The monoisotopic (exact) mass is 899 g/mol. The lowest BCUT2D eigenvalue weighted by Crippen LogP contribution is -2.48. The van der Waals surface area contributed by atoms with Gasteiger partial charge >= 0.3 is 11.9 Å². The number of hydrogen-bond donors (Lipinski definition) is 3. The van der Waals surface area contributed by atoms with Crippen LogP contribution in [0.5, 0.6) is 17.2 Å². The second-order valence-corrected chi connectivity index (χ2v) is 23.6. The number of aromatic hydroxyl groups is 3. The standard InChI is InChI=1S/C58H90O7/c1-20-21-22-23-24-25-30-58(35-42-33-47(56(14,15)16)53(63)48(34-42)57(17,18)19,40(6)64-49(59)28-26-43-36(2)31-45(54(8,9)10)51(61)38(43)4)41(7)65-50(60)29-27-44-37(3)32-46(55(11,12)13)52(62)39(44)5/h31-34,40-41,61-63H,20-30,35H2,1-19H3. The molecule has 2 unspecified atom stereocenters. The minimum atomic E-state index is -0.825. The number of phenols is 3. The Bertz CT molecular complexity index is 1980. The molecule has 7 heteroatoms.